The predicted octanol–water partition coefficient (Wildman–Crippen LogP) is 0.881. The van der Waals surface area contributed by atoms with Gasteiger partial charge in [-0.1, -0.05) is 24.8 Å². The summed E-state index contributed by atoms with van der Waals surface area (Å²) in [5.74, 6) is -0.218. The number of esters is 1. The minimum atomic E-state index is -0.218. The summed E-state index contributed by atoms with van der Waals surface area (Å²) in [6, 6.07) is 0. The number of carbonyl (C=O) groups excluding carboxylic acids is 1. The van der Waals surface area contributed by atoms with Crippen LogP contribution < -0.4 is 5.32 Å². The highest BCUT2D eigenvalue weighted by Crippen LogP contribution is 1.75. The summed E-state index contributed by atoms with van der Waals surface area (Å²) in [4.78, 5) is 10.7. The molecule has 0 fully saturated rings. The van der Waals surface area contributed by atoms with Crippen molar-refractivity contribution in [3.05, 3.63) is 24.8 Å². The van der Waals surface area contributed by atoms with Gasteiger partial charge in [-0.2, -0.15) is 0 Å². The first-order valence-electron chi connectivity index (χ1n) is 3.95. The number of rotatable bonds is 6. The second-order valence-electron chi connectivity index (χ2n) is 2.10. The van der Waals surface area contributed by atoms with Crippen LogP contribution in [-0.4, -0.2) is 25.7 Å². The van der Waals surface area contributed by atoms with Crippen LogP contribution in [0, 0.1) is 0 Å². The first-order valence-corrected chi connectivity index (χ1v) is 3.95. The number of hydrogen-bond acceptors (Lipinski definition) is 3. The summed E-state index contributed by atoms with van der Waals surface area (Å²) in [5, 5.41) is 2.90. The van der Waals surface area contributed by atoms with E-state index in [1.165, 1.54) is 0 Å². The molecule has 0 unspecified atom stereocenters. The van der Waals surface area contributed by atoms with Crippen molar-refractivity contribution in [1.82, 2.24) is 5.32 Å². The van der Waals surface area contributed by atoms with Gasteiger partial charge in [0.2, 0.25) is 0 Å². The molecule has 0 aromatic rings. The third-order valence-corrected chi connectivity index (χ3v) is 1.11. The fourth-order valence-electron chi connectivity index (χ4n) is 0.634. The van der Waals surface area contributed by atoms with Gasteiger partial charge in [0.1, 0.15) is 0 Å². The zero-order valence-corrected chi connectivity index (χ0v) is 7.38. The first-order chi connectivity index (χ1) is 5.81. The van der Waals surface area contributed by atoms with Crippen LogP contribution in [0.4, 0.5) is 0 Å². The molecule has 0 bridgehead atoms. The number of hydrogen-bond donors (Lipinski definition) is 1. The van der Waals surface area contributed by atoms with Gasteiger partial charge >= 0.3 is 5.97 Å². The Morgan fingerprint density at radius 3 is 3.00 bits per heavy atom. The smallest absolute Gasteiger partial charge is 0.319 e. The molecule has 3 nitrogen and oxygen atoms in total. The first kappa shape index (κ1) is 10.9. The molecule has 0 aliphatic carbocycles. The highest BCUT2D eigenvalue weighted by molar-refractivity contribution is 5.71. The second-order valence-corrected chi connectivity index (χ2v) is 2.10. The van der Waals surface area contributed by atoms with Crippen LogP contribution in [0.2, 0.25) is 0 Å². The van der Waals surface area contributed by atoms with E-state index < -0.39 is 0 Å². The van der Waals surface area contributed by atoms with Crippen molar-refractivity contribution in [2.45, 2.75) is 6.92 Å². The summed E-state index contributed by atoms with van der Waals surface area (Å²) >= 11 is 0. The van der Waals surface area contributed by atoms with Gasteiger partial charge in [0.05, 0.1) is 13.2 Å². The maximum absolute atomic E-state index is 10.7. The van der Waals surface area contributed by atoms with E-state index in [4.69, 9.17) is 4.74 Å². The Hall–Kier alpha value is -1.09. The molecule has 0 amide bonds. The summed E-state index contributed by atoms with van der Waals surface area (Å²) in [6.07, 6.45) is 5.39. The minimum Gasteiger partial charge on any atom is -0.465 e. The molecule has 0 saturated carbocycles. The molecule has 0 radical (unpaired) electrons. The van der Waals surface area contributed by atoms with E-state index in [-0.39, 0.29) is 12.5 Å². The minimum absolute atomic E-state index is 0.218. The van der Waals surface area contributed by atoms with Crippen molar-refractivity contribution >= 4 is 5.97 Å². The lowest BCUT2D eigenvalue weighted by molar-refractivity contribution is -0.141. The van der Waals surface area contributed by atoms with Crippen molar-refractivity contribution in [2.24, 2.45) is 0 Å². The number of ether oxygens (including phenoxy) is 1. The van der Waals surface area contributed by atoms with Crippen molar-refractivity contribution in [3.8, 4) is 0 Å². The van der Waals surface area contributed by atoms with Crippen LogP contribution in [0.25, 0.3) is 0 Å². The Balaban J connectivity index is 3.24. The Labute approximate surface area is 73.1 Å². The molecule has 1 N–H and O–H groups in total. The summed E-state index contributed by atoms with van der Waals surface area (Å²) < 4.78 is 4.70. The Morgan fingerprint density at radius 1 is 1.67 bits per heavy atom. The van der Waals surface area contributed by atoms with Crippen molar-refractivity contribution < 1.29 is 9.53 Å². The maximum atomic E-state index is 10.7. The van der Waals surface area contributed by atoms with E-state index in [9.17, 15) is 4.79 Å². The van der Waals surface area contributed by atoms with Crippen molar-refractivity contribution in [3.63, 3.8) is 0 Å². The monoisotopic (exact) mass is 169 g/mol. The lowest BCUT2D eigenvalue weighted by atomic mass is 10.5. The largest absolute Gasteiger partial charge is 0.465 e. The molecule has 68 valence electrons. The van der Waals surface area contributed by atoms with E-state index >= 15 is 0 Å². The zero-order chi connectivity index (χ0) is 9.23. The maximum Gasteiger partial charge on any atom is 0.319 e. The van der Waals surface area contributed by atoms with Crippen molar-refractivity contribution in [2.75, 3.05) is 19.7 Å². The van der Waals surface area contributed by atoms with Crippen molar-refractivity contribution in [1.29, 1.82) is 0 Å². The normalized spacial score (nSPS) is 10.1. The van der Waals surface area contributed by atoms with E-state index in [1.54, 1.807) is 13.0 Å². The molecule has 3 heteroatoms. The van der Waals surface area contributed by atoms with Crippen LogP contribution in [0.1, 0.15) is 6.92 Å². The fourth-order valence-corrected chi connectivity index (χ4v) is 0.634. The summed E-state index contributed by atoms with van der Waals surface area (Å²) in [7, 11) is 0. The van der Waals surface area contributed by atoms with Gasteiger partial charge in [0.15, 0.2) is 0 Å². The highest BCUT2D eigenvalue weighted by atomic mass is 16.5. The Kier molecular flexibility index (Phi) is 7.28. The highest BCUT2D eigenvalue weighted by Gasteiger charge is 1.97. The van der Waals surface area contributed by atoms with Crippen LogP contribution in [0.15, 0.2) is 24.8 Å². The Bertz CT molecular complexity index is 164. The molecular formula is C9H15NO2. The van der Waals surface area contributed by atoms with Crippen LogP contribution in [0.3, 0.4) is 0 Å². The lowest BCUT2D eigenvalue weighted by Crippen LogP contribution is -2.24. The van der Waals surface area contributed by atoms with E-state index in [1.807, 2.05) is 12.2 Å². The van der Waals surface area contributed by atoms with Gasteiger partial charge in [0.25, 0.3) is 0 Å². The molecule has 0 heterocycles. The summed E-state index contributed by atoms with van der Waals surface area (Å²) in [6.45, 7) is 6.65. The average molecular weight is 169 g/mol. The van der Waals surface area contributed by atoms with E-state index in [0.717, 1.165) is 0 Å². The third kappa shape index (κ3) is 7.02. The molecule has 0 rings (SSSR count). The van der Waals surface area contributed by atoms with E-state index in [2.05, 4.69) is 11.9 Å². The molecule has 0 aromatic heterocycles. The topological polar surface area (TPSA) is 38.3 Å². The lowest BCUT2D eigenvalue weighted by Gasteiger charge is -2.00. The number of allylic oxidation sites excluding steroid dienone is 2. The number of carbonyl (C=O) groups is 1. The van der Waals surface area contributed by atoms with Gasteiger partial charge in [-0.15, -0.1) is 0 Å². The standard InChI is InChI=1S/C9H15NO2/c1-3-5-6-7-10-8-9(11)12-4-2/h3,5-6,10H,1,4,7-8H2,2H3. The van der Waals surface area contributed by atoms with Gasteiger partial charge in [-0.3, -0.25) is 4.79 Å². The van der Waals surface area contributed by atoms with E-state index in [0.29, 0.717) is 13.2 Å². The molecule has 0 aromatic carbocycles. The summed E-state index contributed by atoms with van der Waals surface area (Å²) in [5.41, 5.74) is 0. The second kappa shape index (κ2) is 8.01. The number of nitrogens with one attached hydrogen (secondary N) is 1. The molecular weight excluding hydrogens is 154 g/mol. The molecule has 0 aliphatic heterocycles. The van der Waals surface area contributed by atoms with Gasteiger partial charge in [-0.25, -0.2) is 0 Å². The van der Waals surface area contributed by atoms with Crippen LogP contribution in [0.5, 0.6) is 0 Å². The SMILES string of the molecule is C=CC=CCNCC(=O)OCC. The van der Waals surface area contributed by atoms with Crippen LogP contribution >= 0.6 is 0 Å². The zero-order valence-electron chi connectivity index (χ0n) is 7.38. The predicted molar refractivity (Wildman–Crippen MR) is 48.8 cm³/mol. The molecule has 0 aliphatic rings. The molecule has 0 atom stereocenters. The van der Waals surface area contributed by atoms with Crippen LogP contribution in [-0.2, 0) is 9.53 Å². The molecule has 12 heavy (non-hydrogen) atoms. The third-order valence-electron chi connectivity index (χ3n) is 1.11. The Morgan fingerprint density at radius 2 is 2.42 bits per heavy atom. The molecule has 0 spiro atoms. The fraction of sp³-hybridized carbons (Fsp3) is 0.444. The van der Waals surface area contributed by atoms with Gasteiger partial charge < -0.3 is 10.1 Å². The quantitative estimate of drug-likeness (QED) is 0.364. The van der Waals surface area contributed by atoms with Gasteiger partial charge in [0, 0.05) is 6.54 Å². The molecule has 0 saturated heterocycles. The average Bonchev–Trinajstić information content (AvgIpc) is 2.05. The van der Waals surface area contributed by atoms with Gasteiger partial charge in [-0.05, 0) is 6.92 Å².